The average Bonchev–Trinajstić information content (AvgIpc) is 3.79. The molecular formula is C56H47N. The highest BCUT2D eigenvalue weighted by Crippen LogP contribution is 2.64. The Morgan fingerprint density at radius 1 is 0.386 bits per heavy atom. The van der Waals surface area contributed by atoms with Crippen LogP contribution in [-0.4, -0.2) is 0 Å². The Labute approximate surface area is 337 Å². The largest absolute Gasteiger partial charge is 0.310 e. The Balaban J connectivity index is 1.02. The summed E-state index contributed by atoms with van der Waals surface area (Å²) < 4.78 is 0. The van der Waals surface area contributed by atoms with Crippen molar-refractivity contribution in [3.8, 4) is 33.4 Å². The predicted molar refractivity (Wildman–Crippen MR) is 235 cm³/mol. The third-order valence-corrected chi connectivity index (χ3v) is 15.8. The van der Waals surface area contributed by atoms with Crippen LogP contribution in [0.25, 0.3) is 33.4 Å². The molecule has 276 valence electrons. The standard InChI is InChI=1S/C56H47N/c1-54(2)48-15-7-3-14-45(48)47-30-40(24-26-49(47)54)57(39-21-19-38(20-22-39)55-32-35-27-36(33-55)29-37(28-35)34-55)41-23-25-46-44-13-6-10-18-52(44)56(53(46)31-41)50-16-8-4-11-42(50)43-12-5-9-17-51(43)56/h3-26,30-31,35-37H,27-29,32-34H2,1-2H3. The van der Waals surface area contributed by atoms with Crippen LogP contribution >= 0.6 is 0 Å². The second-order valence-corrected chi connectivity index (χ2v) is 19.1. The van der Waals surface area contributed by atoms with E-state index in [-0.39, 0.29) is 10.8 Å². The highest BCUT2D eigenvalue weighted by molar-refractivity contribution is 5.96. The number of hydrogen-bond donors (Lipinski definition) is 0. The highest BCUT2D eigenvalue weighted by atomic mass is 15.1. The van der Waals surface area contributed by atoms with E-state index in [1.165, 1.54) is 122 Å². The first-order valence-corrected chi connectivity index (χ1v) is 21.5. The molecule has 0 amide bonds. The van der Waals surface area contributed by atoms with E-state index in [9.17, 15) is 0 Å². The maximum absolute atomic E-state index is 2.56. The van der Waals surface area contributed by atoms with Crippen LogP contribution < -0.4 is 4.90 Å². The van der Waals surface area contributed by atoms with Gasteiger partial charge in [-0.15, -0.1) is 0 Å². The first-order chi connectivity index (χ1) is 27.9. The van der Waals surface area contributed by atoms with E-state index in [0.29, 0.717) is 5.41 Å². The van der Waals surface area contributed by atoms with Crippen molar-refractivity contribution in [3.05, 3.63) is 197 Å². The van der Waals surface area contributed by atoms with Gasteiger partial charge in [0.25, 0.3) is 0 Å². The van der Waals surface area contributed by atoms with Crippen LogP contribution in [0.4, 0.5) is 17.1 Å². The summed E-state index contributed by atoms with van der Waals surface area (Å²) in [6, 6.07) is 61.1. The summed E-state index contributed by atoms with van der Waals surface area (Å²) in [5, 5.41) is 0. The third-order valence-electron chi connectivity index (χ3n) is 15.8. The number of fused-ring (bicyclic) bond motifs is 13. The normalized spacial score (nSPS) is 24.1. The third kappa shape index (κ3) is 4.20. The van der Waals surface area contributed by atoms with Crippen LogP contribution in [-0.2, 0) is 16.2 Å². The summed E-state index contributed by atoms with van der Waals surface area (Å²) in [4.78, 5) is 2.56. The first-order valence-electron chi connectivity index (χ1n) is 21.5. The number of benzene rings is 7. The predicted octanol–water partition coefficient (Wildman–Crippen LogP) is 14.3. The van der Waals surface area contributed by atoms with Crippen molar-refractivity contribution in [2.24, 2.45) is 17.8 Å². The van der Waals surface area contributed by atoms with E-state index in [0.717, 1.165) is 17.8 Å². The van der Waals surface area contributed by atoms with Crippen LogP contribution in [0.3, 0.4) is 0 Å². The number of anilines is 3. The summed E-state index contributed by atoms with van der Waals surface area (Å²) in [6.07, 6.45) is 8.58. The van der Waals surface area contributed by atoms with Crippen molar-refractivity contribution < 1.29 is 0 Å². The Morgan fingerprint density at radius 3 is 1.37 bits per heavy atom. The first kappa shape index (κ1) is 32.4. The monoisotopic (exact) mass is 733 g/mol. The molecule has 1 spiro atoms. The van der Waals surface area contributed by atoms with E-state index < -0.39 is 0 Å². The quantitative estimate of drug-likeness (QED) is 0.174. The fourth-order valence-corrected chi connectivity index (χ4v) is 13.9. The fraction of sp³-hybridized carbons (Fsp3) is 0.250. The van der Waals surface area contributed by atoms with Crippen LogP contribution in [0.5, 0.6) is 0 Å². The van der Waals surface area contributed by atoms with Crippen LogP contribution in [0.15, 0.2) is 158 Å². The minimum Gasteiger partial charge on any atom is -0.310 e. The van der Waals surface area contributed by atoms with Crippen molar-refractivity contribution in [1.82, 2.24) is 0 Å². The molecule has 7 aromatic carbocycles. The number of rotatable bonds is 4. The molecule has 4 saturated carbocycles. The van der Waals surface area contributed by atoms with Gasteiger partial charge in [0.15, 0.2) is 0 Å². The van der Waals surface area contributed by atoms with E-state index in [1.807, 2.05) is 0 Å². The van der Waals surface area contributed by atoms with Gasteiger partial charge in [-0.3, -0.25) is 0 Å². The van der Waals surface area contributed by atoms with Crippen molar-refractivity contribution in [1.29, 1.82) is 0 Å². The molecule has 0 atom stereocenters. The molecular weight excluding hydrogens is 687 g/mol. The van der Waals surface area contributed by atoms with Crippen molar-refractivity contribution in [2.75, 3.05) is 4.90 Å². The molecule has 7 aromatic rings. The molecule has 14 rings (SSSR count). The Morgan fingerprint density at radius 2 is 0.807 bits per heavy atom. The van der Waals surface area contributed by atoms with Gasteiger partial charge >= 0.3 is 0 Å². The smallest absolute Gasteiger partial charge is 0.0726 e. The summed E-state index contributed by atoms with van der Waals surface area (Å²) in [7, 11) is 0. The lowest BCUT2D eigenvalue weighted by Crippen LogP contribution is -2.48. The van der Waals surface area contributed by atoms with Gasteiger partial charge in [0.2, 0.25) is 0 Å². The van der Waals surface area contributed by atoms with Gasteiger partial charge in [-0.05, 0) is 170 Å². The van der Waals surface area contributed by atoms with E-state index in [1.54, 1.807) is 5.56 Å². The van der Waals surface area contributed by atoms with Crippen molar-refractivity contribution in [2.45, 2.75) is 68.6 Å². The maximum atomic E-state index is 2.56. The van der Waals surface area contributed by atoms with Gasteiger partial charge < -0.3 is 4.90 Å². The van der Waals surface area contributed by atoms with Gasteiger partial charge in [0, 0.05) is 22.5 Å². The minimum absolute atomic E-state index is 0.0379. The lowest BCUT2D eigenvalue weighted by Gasteiger charge is -2.57. The Hall–Kier alpha value is -5.66. The highest BCUT2D eigenvalue weighted by Gasteiger charge is 2.53. The van der Waals surface area contributed by atoms with Gasteiger partial charge in [0.1, 0.15) is 0 Å². The molecule has 0 saturated heterocycles. The van der Waals surface area contributed by atoms with E-state index in [4.69, 9.17) is 0 Å². The zero-order valence-electron chi connectivity index (χ0n) is 32.9. The minimum atomic E-state index is -0.385. The zero-order valence-corrected chi connectivity index (χ0v) is 32.9. The molecule has 1 nitrogen and oxygen atoms in total. The molecule has 0 unspecified atom stereocenters. The zero-order chi connectivity index (χ0) is 37.7. The van der Waals surface area contributed by atoms with Gasteiger partial charge in [-0.25, -0.2) is 0 Å². The Bertz CT molecular complexity index is 2720. The lowest BCUT2D eigenvalue weighted by atomic mass is 9.48. The van der Waals surface area contributed by atoms with Crippen molar-refractivity contribution >= 4 is 17.1 Å². The van der Waals surface area contributed by atoms with E-state index in [2.05, 4.69) is 176 Å². The SMILES string of the molecule is CC1(C)c2ccccc2-c2cc(N(c3ccc(C45CC6CC(CC(C6)C4)C5)cc3)c3ccc4c(c3)C3(c5ccccc5-c5ccccc53)c3ccccc3-4)ccc21. The van der Waals surface area contributed by atoms with Crippen LogP contribution in [0.1, 0.15) is 91.3 Å². The van der Waals surface area contributed by atoms with Gasteiger partial charge in [-0.2, -0.15) is 0 Å². The second-order valence-electron chi connectivity index (χ2n) is 19.1. The number of hydrogen-bond acceptors (Lipinski definition) is 1. The molecule has 7 aliphatic rings. The van der Waals surface area contributed by atoms with Crippen LogP contribution in [0, 0.1) is 17.8 Å². The fourth-order valence-electron chi connectivity index (χ4n) is 13.9. The second kappa shape index (κ2) is 11.3. The summed E-state index contributed by atoms with van der Waals surface area (Å²) in [5.41, 5.74) is 21.6. The summed E-state index contributed by atoms with van der Waals surface area (Å²) in [6.45, 7) is 4.76. The van der Waals surface area contributed by atoms with Crippen molar-refractivity contribution in [3.63, 3.8) is 0 Å². The average molecular weight is 734 g/mol. The topological polar surface area (TPSA) is 3.24 Å². The molecule has 0 heterocycles. The molecule has 57 heavy (non-hydrogen) atoms. The molecule has 4 fully saturated rings. The van der Waals surface area contributed by atoms with Crippen LogP contribution in [0.2, 0.25) is 0 Å². The number of nitrogens with zero attached hydrogens (tertiary/aromatic N) is 1. The van der Waals surface area contributed by atoms with Gasteiger partial charge in [-0.1, -0.05) is 135 Å². The van der Waals surface area contributed by atoms with Gasteiger partial charge in [0.05, 0.1) is 5.41 Å². The summed E-state index contributed by atoms with van der Waals surface area (Å²) in [5.74, 6) is 2.79. The molecule has 1 heteroatoms. The molecule has 4 bridgehead atoms. The molecule has 7 aliphatic carbocycles. The maximum Gasteiger partial charge on any atom is 0.0726 e. The van der Waals surface area contributed by atoms with E-state index >= 15 is 0 Å². The molecule has 0 N–H and O–H groups in total. The molecule has 0 aromatic heterocycles. The summed E-state index contributed by atoms with van der Waals surface area (Å²) >= 11 is 0. The lowest BCUT2D eigenvalue weighted by molar-refractivity contribution is -0.00518. The molecule has 0 radical (unpaired) electrons. The molecule has 0 aliphatic heterocycles. The Kier molecular flexibility index (Phi) is 6.40.